The van der Waals surface area contributed by atoms with E-state index >= 15 is 0 Å². The number of nitrogens with one attached hydrogen (secondary N) is 1. The van der Waals surface area contributed by atoms with Gasteiger partial charge in [0.05, 0.1) is 11.2 Å². The molecule has 1 aromatic carbocycles. The van der Waals surface area contributed by atoms with Crippen LogP contribution in [-0.2, 0) is 13.5 Å². The van der Waals surface area contributed by atoms with Gasteiger partial charge in [0.2, 0.25) is 0 Å². The largest absolute Gasteiger partial charge is 0.310 e. The number of hydrogen-bond acceptors (Lipinski definition) is 2. The first kappa shape index (κ1) is 16.0. The summed E-state index contributed by atoms with van der Waals surface area (Å²) in [6.45, 7) is 3.02. The number of aryl methyl sites for hydroxylation is 2. The van der Waals surface area contributed by atoms with E-state index in [9.17, 15) is 4.39 Å². The fourth-order valence-electron chi connectivity index (χ4n) is 2.35. The standard InChI is InChI=1S/C16H21ClFN3/c1-3-8-19-16(7-4-12-10-20-21(2)11-12)13-5-6-14(17)15(18)9-13/h5-6,9-11,16,19H,3-4,7-8H2,1-2H3. The van der Waals surface area contributed by atoms with Crippen molar-refractivity contribution in [1.29, 1.82) is 0 Å². The highest BCUT2D eigenvalue weighted by molar-refractivity contribution is 6.30. The molecule has 0 radical (unpaired) electrons. The van der Waals surface area contributed by atoms with Gasteiger partial charge in [-0.2, -0.15) is 5.10 Å². The number of hydrogen-bond donors (Lipinski definition) is 1. The van der Waals surface area contributed by atoms with E-state index in [0.29, 0.717) is 0 Å². The number of benzene rings is 1. The summed E-state index contributed by atoms with van der Waals surface area (Å²) in [7, 11) is 1.91. The van der Waals surface area contributed by atoms with E-state index in [1.54, 1.807) is 10.7 Å². The summed E-state index contributed by atoms with van der Waals surface area (Å²) in [5.74, 6) is -0.362. The van der Waals surface area contributed by atoms with Crippen molar-refractivity contribution in [2.75, 3.05) is 6.54 Å². The van der Waals surface area contributed by atoms with Crippen LogP contribution in [0.5, 0.6) is 0 Å². The second kappa shape index (κ2) is 7.57. The third-order valence-corrected chi connectivity index (χ3v) is 3.77. The Morgan fingerprint density at radius 2 is 2.24 bits per heavy atom. The van der Waals surface area contributed by atoms with Crippen LogP contribution in [0.4, 0.5) is 4.39 Å². The number of nitrogens with zero attached hydrogens (tertiary/aromatic N) is 2. The molecule has 2 aromatic rings. The zero-order valence-corrected chi connectivity index (χ0v) is 13.2. The second-order valence-corrected chi connectivity index (χ2v) is 5.65. The molecule has 0 fully saturated rings. The molecule has 0 aliphatic heterocycles. The highest BCUT2D eigenvalue weighted by atomic mass is 35.5. The lowest BCUT2D eigenvalue weighted by molar-refractivity contribution is 0.496. The van der Waals surface area contributed by atoms with Crippen LogP contribution in [0.15, 0.2) is 30.6 Å². The van der Waals surface area contributed by atoms with E-state index in [4.69, 9.17) is 11.6 Å². The summed E-state index contributed by atoms with van der Waals surface area (Å²) in [6.07, 6.45) is 6.73. The molecule has 0 bridgehead atoms. The van der Waals surface area contributed by atoms with Gasteiger partial charge in [-0.05, 0) is 49.1 Å². The molecule has 1 unspecified atom stereocenters. The van der Waals surface area contributed by atoms with Crippen molar-refractivity contribution >= 4 is 11.6 Å². The van der Waals surface area contributed by atoms with Crippen molar-refractivity contribution < 1.29 is 4.39 Å². The van der Waals surface area contributed by atoms with Crippen molar-refractivity contribution in [3.63, 3.8) is 0 Å². The van der Waals surface area contributed by atoms with Gasteiger partial charge in [-0.1, -0.05) is 24.6 Å². The van der Waals surface area contributed by atoms with E-state index in [2.05, 4.69) is 17.3 Å². The predicted molar refractivity (Wildman–Crippen MR) is 84.0 cm³/mol. The number of halogens is 2. The average molecular weight is 310 g/mol. The fraction of sp³-hybridized carbons (Fsp3) is 0.438. The van der Waals surface area contributed by atoms with Crippen LogP contribution in [0, 0.1) is 5.82 Å². The Kier molecular flexibility index (Phi) is 5.76. The number of rotatable bonds is 7. The van der Waals surface area contributed by atoms with Crippen molar-refractivity contribution in [3.8, 4) is 0 Å². The molecule has 1 atom stereocenters. The summed E-state index contributed by atoms with van der Waals surface area (Å²) in [4.78, 5) is 0. The van der Waals surface area contributed by atoms with Gasteiger partial charge in [-0.25, -0.2) is 4.39 Å². The summed E-state index contributed by atoms with van der Waals surface area (Å²) in [5, 5.41) is 7.81. The molecule has 114 valence electrons. The summed E-state index contributed by atoms with van der Waals surface area (Å²) in [6, 6.07) is 5.16. The molecule has 1 heterocycles. The van der Waals surface area contributed by atoms with E-state index in [1.807, 2.05) is 25.5 Å². The SMILES string of the molecule is CCCNC(CCc1cnn(C)c1)c1ccc(Cl)c(F)c1. The quantitative estimate of drug-likeness (QED) is 0.841. The minimum Gasteiger partial charge on any atom is -0.310 e. The lowest BCUT2D eigenvalue weighted by Gasteiger charge is -2.19. The molecular weight excluding hydrogens is 289 g/mol. The molecule has 0 spiro atoms. The molecule has 0 saturated carbocycles. The van der Waals surface area contributed by atoms with Gasteiger partial charge in [0.25, 0.3) is 0 Å². The molecule has 0 saturated heterocycles. The van der Waals surface area contributed by atoms with E-state index < -0.39 is 0 Å². The maximum Gasteiger partial charge on any atom is 0.142 e. The highest BCUT2D eigenvalue weighted by Crippen LogP contribution is 2.23. The summed E-state index contributed by atoms with van der Waals surface area (Å²) in [5.41, 5.74) is 2.13. The smallest absolute Gasteiger partial charge is 0.142 e. The van der Waals surface area contributed by atoms with Crippen molar-refractivity contribution in [3.05, 3.63) is 52.6 Å². The molecule has 21 heavy (non-hydrogen) atoms. The molecule has 1 N–H and O–H groups in total. The van der Waals surface area contributed by atoms with Crippen LogP contribution in [0.1, 0.15) is 36.9 Å². The van der Waals surface area contributed by atoms with Gasteiger partial charge in [0, 0.05) is 19.3 Å². The molecule has 3 nitrogen and oxygen atoms in total. The van der Waals surface area contributed by atoms with E-state index in [1.165, 1.54) is 11.6 Å². The first-order valence-electron chi connectivity index (χ1n) is 7.26. The fourth-order valence-corrected chi connectivity index (χ4v) is 2.46. The minimum atomic E-state index is -0.362. The molecule has 2 rings (SSSR count). The maximum absolute atomic E-state index is 13.7. The summed E-state index contributed by atoms with van der Waals surface area (Å²) >= 11 is 5.76. The van der Waals surface area contributed by atoms with E-state index in [-0.39, 0.29) is 16.9 Å². The van der Waals surface area contributed by atoms with Gasteiger partial charge < -0.3 is 5.32 Å². The third kappa shape index (κ3) is 4.55. The lowest BCUT2D eigenvalue weighted by atomic mass is 10.00. The predicted octanol–water partition coefficient (Wildman–Crippen LogP) is 3.89. The molecule has 0 aliphatic carbocycles. The van der Waals surface area contributed by atoms with Gasteiger partial charge >= 0.3 is 0 Å². The van der Waals surface area contributed by atoms with Gasteiger partial charge in [-0.3, -0.25) is 4.68 Å². The lowest BCUT2D eigenvalue weighted by Crippen LogP contribution is -2.22. The van der Waals surface area contributed by atoms with Crippen LogP contribution >= 0.6 is 11.6 Å². The Morgan fingerprint density at radius 1 is 1.43 bits per heavy atom. The van der Waals surface area contributed by atoms with Crippen LogP contribution in [-0.4, -0.2) is 16.3 Å². The molecule has 0 amide bonds. The average Bonchev–Trinajstić information content (AvgIpc) is 2.88. The monoisotopic (exact) mass is 309 g/mol. The molecule has 5 heteroatoms. The number of aromatic nitrogens is 2. The molecule has 0 aliphatic rings. The normalized spacial score (nSPS) is 12.6. The van der Waals surface area contributed by atoms with Crippen molar-refractivity contribution in [2.45, 2.75) is 32.2 Å². The van der Waals surface area contributed by atoms with Crippen LogP contribution in [0.3, 0.4) is 0 Å². The van der Waals surface area contributed by atoms with Crippen molar-refractivity contribution in [2.24, 2.45) is 7.05 Å². The maximum atomic E-state index is 13.7. The van der Waals surface area contributed by atoms with Crippen LogP contribution in [0.25, 0.3) is 0 Å². The molecular formula is C16H21ClFN3. The zero-order valence-electron chi connectivity index (χ0n) is 12.4. The Hall–Kier alpha value is -1.39. The zero-order chi connectivity index (χ0) is 15.2. The topological polar surface area (TPSA) is 29.9 Å². The first-order chi connectivity index (χ1) is 10.1. The Bertz CT molecular complexity index is 583. The van der Waals surface area contributed by atoms with Gasteiger partial charge in [-0.15, -0.1) is 0 Å². The minimum absolute atomic E-state index is 0.122. The van der Waals surface area contributed by atoms with Gasteiger partial charge in [0.1, 0.15) is 5.82 Å². The summed E-state index contributed by atoms with van der Waals surface area (Å²) < 4.78 is 15.5. The molecule has 1 aromatic heterocycles. The van der Waals surface area contributed by atoms with Gasteiger partial charge in [0.15, 0.2) is 0 Å². The van der Waals surface area contributed by atoms with E-state index in [0.717, 1.165) is 31.4 Å². The Balaban J connectivity index is 2.07. The highest BCUT2D eigenvalue weighted by Gasteiger charge is 2.13. The second-order valence-electron chi connectivity index (χ2n) is 5.24. The van der Waals surface area contributed by atoms with Crippen LogP contribution < -0.4 is 5.32 Å². The van der Waals surface area contributed by atoms with Crippen molar-refractivity contribution in [1.82, 2.24) is 15.1 Å². The Morgan fingerprint density at radius 3 is 2.86 bits per heavy atom. The van der Waals surface area contributed by atoms with Crippen LogP contribution in [0.2, 0.25) is 5.02 Å². The Labute approximate surface area is 130 Å². The third-order valence-electron chi connectivity index (χ3n) is 3.47. The first-order valence-corrected chi connectivity index (χ1v) is 7.63.